The van der Waals surface area contributed by atoms with Crippen molar-refractivity contribution in [3.63, 3.8) is 0 Å². The number of nitro groups is 1. The highest BCUT2D eigenvalue weighted by Crippen LogP contribution is 2.24. The number of benzene rings is 3. The van der Waals surface area contributed by atoms with Gasteiger partial charge in [0.15, 0.2) is 0 Å². The van der Waals surface area contributed by atoms with Crippen LogP contribution < -0.4 is 16.0 Å². The van der Waals surface area contributed by atoms with Gasteiger partial charge in [0.2, 0.25) is 5.91 Å². The molecule has 3 aromatic rings. The predicted octanol–water partition coefficient (Wildman–Crippen LogP) is 4.49. The third-order valence-electron chi connectivity index (χ3n) is 4.98. The van der Waals surface area contributed by atoms with Gasteiger partial charge in [-0.05, 0) is 43.2 Å². The first-order valence-electron chi connectivity index (χ1n) is 10.2. The molecule has 0 unspecified atom stereocenters. The number of amides is 3. The van der Waals surface area contributed by atoms with E-state index in [-0.39, 0.29) is 34.1 Å². The number of halogens is 1. The van der Waals surface area contributed by atoms with Crippen LogP contribution in [0.3, 0.4) is 0 Å². The number of nitrogens with zero attached hydrogens (tertiary/aromatic N) is 1. The fraction of sp³-hybridized carbons (Fsp3) is 0.125. The molecule has 0 atom stereocenters. The van der Waals surface area contributed by atoms with Crippen molar-refractivity contribution >= 4 is 46.4 Å². The number of rotatable bonds is 7. The van der Waals surface area contributed by atoms with Gasteiger partial charge in [-0.15, -0.1) is 0 Å². The van der Waals surface area contributed by atoms with Crippen LogP contribution in [0.5, 0.6) is 0 Å². The lowest BCUT2D eigenvalue weighted by Gasteiger charge is -2.13. The van der Waals surface area contributed by atoms with Gasteiger partial charge in [0.25, 0.3) is 17.5 Å². The fourth-order valence-electron chi connectivity index (χ4n) is 3.23. The molecule has 9 nitrogen and oxygen atoms in total. The summed E-state index contributed by atoms with van der Waals surface area (Å²) in [6, 6.07) is 15.3. The fourth-order valence-corrected chi connectivity index (χ4v) is 3.49. The Morgan fingerprint density at radius 1 is 0.882 bits per heavy atom. The van der Waals surface area contributed by atoms with Crippen molar-refractivity contribution in [2.75, 3.05) is 17.2 Å². The summed E-state index contributed by atoms with van der Waals surface area (Å²) >= 11 is 6.02. The largest absolute Gasteiger partial charge is 0.343 e. The molecule has 3 aromatic carbocycles. The predicted molar refractivity (Wildman–Crippen MR) is 129 cm³/mol. The number of carbonyl (C=O) groups is 3. The lowest BCUT2D eigenvalue weighted by molar-refractivity contribution is -0.384. The van der Waals surface area contributed by atoms with Crippen molar-refractivity contribution in [3.8, 4) is 0 Å². The number of aryl methyl sites for hydroxylation is 2. The molecule has 34 heavy (non-hydrogen) atoms. The van der Waals surface area contributed by atoms with Crippen molar-refractivity contribution in [2.24, 2.45) is 0 Å². The zero-order chi connectivity index (χ0) is 24.8. The van der Waals surface area contributed by atoms with Crippen LogP contribution in [-0.4, -0.2) is 29.2 Å². The molecule has 0 saturated heterocycles. The van der Waals surface area contributed by atoms with Crippen LogP contribution in [0.2, 0.25) is 5.02 Å². The minimum Gasteiger partial charge on any atom is -0.343 e. The molecule has 0 heterocycles. The molecular formula is C24H21ClN4O5. The Hall–Kier alpha value is -4.24. The number of hydrogen-bond acceptors (Lipinski definition) is 5. The Kier molecular flexibility index (Phi) is 7.60. The maximum absolute atomic E-state index is 12.7. The monoisotopic (exact) mass is 480 g/mol. The van der Waals surface area contributed by atoms with Crippen molar-refractivity contribution in [1.29, 1.82) is 0 Å². The summed E-state index contributed by atoms with van der Waals surface area (Å²) in [7, 11) is 0. The van der Waals surface area contributed by atoms with Crippen LogP contribution in [0, 0.1) is 24.0 Å². The average Bonchev–Trinajstić information content (AvgIpc) is 2.80. The van der Waals surface area contributed by atoms with E-state index in [0.29, 0.717) is 5.69 Å². The van der Waals surface area contributed by atoms with E-state index in [0.717, 1.165) is 23.3 Å². The molecule has 0 fully saturated rings. The lowest BCUT2D eigenvalue weighted by atomic mass is 10.1. The second-order valence-electron chi connectivity index (χ2n) is 7.42. The van der Waals surface area contributed by atoms with Crippen LogP contribution in [0.4, 0.5) is 17.1 Å². The van der Waals surface area contributed by atoms with Gasteiger partial charge < -0.3 is 16.0 Å². The van der Waals surface area contributed by atoms with Crippen molar-refractivity contribution < 1.29 is 19.3 Å². The SMILES string of the molecule is Cc1cccc(C)c1NC(=O)CNC(=O)c1ccccc1NC(=O)c1ccc([N+](=O)[O-])cc1Cl. The normalized spacial score (nSPS) is 10.3. The molecule has 0 aliphatic heterocycles. The number of anilines is 2. The molecule has 0 aliphatic carbocycles. The van der Waals surface area contributed by atoms with Crippen molar-refractivity contribution in [3.05, 3.63) is 98.1 Å². The molecule has 0 bridgehead atoms. The van der Waals surface area contributed by atoms with Gasteiger partial charge in [-0.25, -0.2) is 0 Å². The first-order valence-corrected chi connectivity index (χ1v) is 10.5. The first kappa shape index (κ1) is 24.4. The number of nitrogens with one attached hydrogen (secondary N) is 3. The van der Waals surface area contributed by atoms with Gasteiger partial charge in [0.05, 0.1) is 33.3 Å². The Labute approximate surface area is 200 Å². The van der Waals surface area contributed by atoms with Crippen molar-refractivity contribution in [1.82, 2.24) is 5.32 Å². The Morgan fingerprint density at radius 2 is 1.56 bits per heavy atom. The highest BCUT2D eigenvalue weighted by atomic mass is 35.5. The number of non-ortho nitro benzene ring substituents is 1. The quantitative estimate of drug-likeness (QED) is 0.339. The molecule has 0 spiro atoms. The van der Waals surface area contributed by atoms with E-state index >= 15 is 0 Å². The zero-order valence-electron chi connectivity index (χ0n) is 18.3. The number of hydrogen-bond donors (Lipinski definition) is 3. The Morgan fingerprint density at radius 3 is 2.21 bits per heavy atom. The molecule has 0 aliphatic rings. The highest BCUT2D eigenvalue weighted by Gasteiger charge is 2.18. The maximum atomic E-state index is 12.7. The smallest absolute Gasteiger partial charge is 0.270 e. The topological polar surface area (TPSA) is 130 Å². The summed E-state index contributed by atoms with van der Waals surface area (Å²) in [5.74, 6) is -1.61. The molecule has 0 radical (unpaired) electrons. The zero-order valence-corrected chi connectivity index (χ0v) is 19.1. The van der Waals surface area contributed by atoms with Crippen LogP contribution in [0.15, 0.2) is 60.7 Å². The molecule has 174 valence electrons. The molecular weight excluding hydrogens is 460 g/mol. The van der Waals surface area contributed by atoms with Crippen LogP contribution in [0.1, 0.15) is 31.8 Å². The number of para-hydroxylation sites is 2. The van der Waals surface area contributed by atoms with E-state index in [9.17, 15) is 24.5 Å². The van der Waals surface area contributed by atoms with Gasteiger partial charge >= 0.3 is 0 Å². The average molecular weight is 481 g/mol. The summed E-state index contributed by atoms with van der Waals surface area (Å²) < 4.78 is 0. The van der Waals surface area contributed by atoms with E-state index in [4.69, 9.17) is 11.6 Å². The highest BCUT2D eigenvalue weighted by molar-refractivity contribution is 6.34. The van der Waals surface area contributed by atoms with E-state index in [1.54, 1.807) is 12.1 Å². The molecule has 3 rings (SSSR count). The van der Waals surface area contributed by atoms with E-state index in [1.807, 2.05) is 32.0 Å². The van der Waals surface area contributed by atoms with E-state index < -0.39 is 22.6 Å². The van der Waals surface area contributed by atoms with E-state index in [2.05, 4.69) is 16.0 Å². The Bertz CT molecular complexity index is 1270. The summed E-state index contributed by atoms with van der Waals surface area (Å²) in [5, 5.41) is 18.7. The minimum atomic E-state index is -0.645. The van der Waals surface area contributed by atoms with Crippen molar-refractivity contribution in [2.45, 2.75) is 13.8 Å². The second-order valence-corrected chi connectivity index (χ2v) is 7.83. The number of nitro benzene ring substituents is 1. The van der Waals surface area contributed by atoms with Gasteiger partial charge in [0, 0.05) is 17.8 Å². The van der Waals surface area contributed by atoms with Gasteiger partial charge in [-0.3, -0.25) is 24.5 Å². The molecule has 3 N–H and O–H groups in total. The summed E-state index contributed by atoms with van der Waals surface area (Å²) in [5.41, 5.74) is 2.57. The first-order chi connectivity index (χ1) is 16.2. The summed E-state index contributed by atoms with van der Waals surface area (Å²) in [4.78, 5) is 48.0. The molecule has 0 aromatic heterocycles. The van der Waals surface area contributed by atoms with E-state index in [1.165, 1.54) is 18.2 Å². The lowest BCUT2D eigenvalue weighted by Crippen LogP contribution is -2.33. The van der Waals surface area contributed by atoms with Crippen LogP contribution in [-0.2, 0) is 4.79 Å². The van der Waals surface area contributed by atoms with Crippen LogP contribution >= 0.6 is 11.6 Å². The minimum absolute atomic E-state index is 0.00968. The third kappa shape index (κ3) is 5.76. The third-order valence-corrected chi connectivity index (χ3v) is 5.30. The standard InChI is InChI=1S/C24H21ClN4O5/c1-14-6-5-7-15(2)22(14)28-21(30)13-26-23(31)18-8-3-4-9-20(18)27-24(32)17-11-10-16(29(33)34)12-19(17)25/h3-12H,13H2,1-2H3,(H,26,31)(H,27,32)(H,28,30). The number of carbonyl (C=O) groups excluding carboxylic acids is 3. The maximum Gasteiger partial charge on any atom is 0.270 e. The molecule has 3 amide bonds. The summed E-state index contributed by atoms with van der Waals surface area (Å²) in [6.07, 6.45) is 0. The Balaban J connectivity index is 1.68. The molecule has 10 heteroatoms. The van der Waals surface area contributed by atoms with Gasteiger partial charge in [0.1, 0.15) is 0 Å². The van der Waals surface area contributed by atoms with Crippen LogP contribution in [0.25, 0.3) is 0 Å². The van der Waals surface area contributed by atoms with Gasteiger partial charge in [-0.2, -0.15) is 0 Å². The summed E-state index contributed by atoms with van der Waals surface area (Å²) in [6.45, 7) is 3.47. The van der Waals surface area contributed by atoms with Gasteiger partial charge in [-0.1, -0.05) is 41.9 Å². The molecule has 0 saturated carbocycles. The second kappa shape index (κ2) is 10.6.